The molecule has 0 aromatic heterocycles. The summed E-state index contributed by atoms with van der Waals surface area (Å²) < 4.78 is 0. The molecule has 0 aliphatic heterocycles. The van der Waals surface area contributed by atoms with Crippen molar-refractivity contribution in [3.63, 3.8) is 0 Å². The normalized spacial score (nSPS) is 10.6. The van der Waals surface area contributed by atoms with E-state index in [1.807, 2.05) is 6.92 Å². The monoisotopic (exact) mass is 384 g/mol. The molecule has 0 radical (unpaired) electrons. The van der Waals surface area contributed by atoms with Crippen molar-refractivity contribution in [2.75, 3.05) is 5.32 Å². The number of aromatic hydroxyl groups is 1. The number of non-ortho nitro benzene ring substituents is 1. The Labute approximate surface area is 161 Å². The number of anilines is 1. The van der Waals surface area contributed by atoms with E-state index >= 15 is 0 Å². The summed E-state index contributed by atoms with van der Waals surface area (Å²) in [5, 5.41) is 26.9. The van der Waals surface area contributed by atoms with Crippen LogP contribution in [0.15, 0.2) is 47.6 Å². The van der Waals surface area contributed by atoms with Crippen LogP contribution in [-0.2, 0) is 4.79 Å². The summed E-state index contributed by atoms with van der Waals surface area (Å²) >= 11 is 0. The van der Waals surface area contributed by atoms with E-state index in [2.05, 4.69) is 15.8 Å². The minimum absolute atomic E-state index is 0.0830. The number of amides is 2. The van der Waals surface area contributed by atoms with E-state index in [1.54, 1.807) is 12.1 Å². The number of rotatable bonds is 8. The molecule has 2 rings (SSSR count). The molecule has 2 amide bonds. The highest BCUT2D eigenvalue weighted by atomic mass is 16.6. The maximum atomic E-state index is 12.1. The Balaban J connectivity index is 1.96. The van der Waals surface area contributed by atoms with Crippen LogP contribution in [0.5, 0.6) is 5.75 Å². The molecule has 0 saturated heterocycles. The zero-order valence-corrected chi connectivity index (χ0v) is 15.2. The van der Waals surface area contributed by atoms with Crippen LogP contribution < -0.4 is 10.7 Å². The van der Waals surface area contributed by atoms with E-state index in [-0.39, 0.29) is 22.9 Å². The molecule has 0 aliphatic carbocycles. The largest absolute Gasteiger partial charge is 0.507 e. The van der Waals surface area contributed by atoms with Gasteiger partial charge in [0.2, 0.25) is 5.91 Å². The van der Waals surface area contributed by atoms with Gasteiger partial charge in [0.05, 0.1) is 11.1 Å². The fourth-order valence-corrected chi connectivity index (χ4v) is 2.25. The molecular formula is C19H20N4O5. The van der Waals surface area contributed by atoms with E-state index in [0.29, 0.717) is 17.7 Å². The molecule has 0 bridgehead atoms. The van der Waals surface area contributed by atoms with Gasteiger partial charge in [-0.2, -0.15) is 5.10 Å². The van der Waals surface area contributed by atoms with Gasteiger partial charge in [-0.25, -0.2) is 5.43 Å². The molecule has 2 aromatic carbocycles. The van der Waals surface area contributed by atoms with Crippen LogP contribution in [0.1, 0.15) is 42.1 Å². The lowest BCUT2D eigenvalue weighted by Crippen LogP contribution is -2.17. The zero-order valence-electron chi connectivity index (χ0n) is 15.2. The average molecular weight is 384 g/mol. The summed E-state index contributed by atoms with van der Waals surface area (Å²) in [5.41, 5.74) is 3.06. The molecule has 0 aliphatic rings. The second-order valence-electron chi connectivity index (χ2n) is 5.93. The van der Waals surface area contributed by atoms with Gasteiger partial charge in [-0.1, -0.05) is 13.3 Å². The van der Waals surface area contributed by atoms with E-state index in [4.69, 9.17) is 0 Å². The van der Waals surface area contributed by atoms with Crippen molar-refractivity contribution in [3.05, 3.63) is 63.7 Å². The Hall–Kier alpha value is -3.75. The van der Waals surface area contributed by atoms with Crippen molar-refractivity contribution in [1.29, 1.82) is 0 Å². The van der Waals surface area contributed by atoms with Gasteiger partial charge in [-0.3, -0.25) is 19.7 Å². The molecule has 2 aromatic rings. The highest BCUT2D eigenvalue weighted by Crippen LogP contribution is 2.21. The summed E-state index contributed by atoms with van der Waals surface area (Å²) in [5.74, 6) is -0.794. The number of phenolic OH excluding ortho intramolecular Hbond substituents is 1. The first-order valence-corrected chi connectivity index (χ1v) is 8.61. The number of nitro groups is 1. The van der Waals surface area contributed by atoms with Crippen LogP contribution in [0, 0.1) is 10.1 Å². The first kappa shape index (κ1) is 20.6. The van der Waals surface area contributed by atoms with Gasteiger partial charge in [-0.05, 0) is 36.8 Å². The Kier molecular flexibility index (Phi) is 7.21. The number of unbranched alkanes of at least 4 members (excludes halogenated alkanes) is 1. The van der Waals surface area contributed by atoms with Crippen LogP contribution in [-0.4, -0.2) is 28.1 Å². The molecule has 0 unspecified atom stereocenters. The van der Waals surface area contributed by atoms with Crippen LogP contribution in [0.2, 0.25) is 0 Å². The summed E-state index contributed by atoms with van der Waals surface area (Å²) in [6.45, 7) is 2.00. The van der Waals surface area contributed by atoms with Crippen molar-refractivity contribution in [1.82, 2.24) is 5.43 Å². The van der Waals surface area contributed by atoms with Crippen LogP contribution in [0.25, 0.3) is 0 Å². The van der Waals surface area contributed by atoms with E-state index in [0.717, 1.165) is 31.2 Å². The SMILES string of the molecule is CCCCC(=O)Nc1ccc(C(=O)NN=Cc2cc([N+](=O)[O-])ccc2O)cc1. The number of phenols is 1. The number of carbonyl (C=O) groups excluding carboxylic acids is 2. The number of nitro benzene ring substituents is 1. The standard InChI is InChI=1S/C19H20N4O5/c1-2-3-4-18(25)21-15-7-5-13(6-8-15)19(26)22-20-12-14-11-16(23(27)28)9-10-17(14)24/h5-12,24H,2-4H2,1H3,(H,21,25)(H,22,26). The predicted octanol–water partition coefficient (Wildman–Crippen LogP) is 3.19. The number of carbonyl (C=O) groups is 2. The molecule has 3 N–H and O–H groups in total. The fraction of sp³-hybridized carbons (Fsp3) is 0.211. The predicted molar refractivity (Wildman–Crippen MR) is 104 cm³/mol. The maximum Gasteiger partial charge on any atom is 0.271 e. The number of hydrogen-bond acceptors (Lipinski definition) is 6. The second-order valence-corrected chi connectivity index (χ2v) is 5.93. The number of benzene rings is 2. The van der Waals surface area contributed by atoms with Gasteiger partial charge in [0.1, 0.15) is 5.75 Å². The summed E-state index contributed by atoms with van der Waals surface area (Å²) in [4.78, 5) is 33.9. The van der Waals surface area contributed by atoms with Crippen molar-refractivity contribution >= 4 is 29.4 Å². The van der Waals surface area contributed by atoms with Gasteiger partial charge in [-0.15, -0.1) is 0 Å². The third kappa shape index (κ3) is 5.90. The first-order valence-electron chi connectivity index (χ1n) is 8.61. The average Bonchev–Trinajstić information content (AvgIpc) is 2.68. The molecule has 0 atom stereocenters. The molecule has 9 heteroatoms. The first-order chi connectivity index (χ1) is 13.4. The maximum absolute atomic E-state index is 12.1. The Morgan fingerprint density at radius 1 is 1.21 bits per heavy atom. The van der Waals surface area contributed by atoms with Crippen LogP contribution in [0.3, 0.4) is 0 Å². The highest BCUT2D eigenvalue weighted by Gasteiger charge is 2.09. The van der Waals surface area contributed by atoms with Crippen LogP contribution in [0.4, 0.5) is 11.4 Å². The van der Waals surface area contributed by atoms with Gasteiger partial charge in [0.15, 0.2) is 0 Å². The summed E-state index contributed by atoms with van der Waals surface area (Å²) in [6.07, 6.45) is 3.30. The highest BCUT2D eigenvalue weighted by molar-refractivity contribution is 5.96. The van der Waals surface area contributed by atoms with E-state index in [9.17, 15) is 24.8 Å². The molecule has 146 valence electrons. The smallest absolute Gasteiger partial charge is 0.271 e. The van der Waals surface area contributed by atoms with Crippen molar-refractivity contribution in [2.45, 2.75) is 26.2 Å². The van der Waals surface area contributed by atoms with Crippen molar-refractivity contribution in [3.8, 4) is 5.75 Å². The third-order valence-corrected chi connectivity index (χ3v) is 3.78. The number of nitrogens with zero attached hydrogens (tertiary/aromatic N) is 2. The lowest BCUT2D eigenvalue weighted by molar-refractivity contribution is -0.384. The molecule has 0 fully saturated rings. The molecule has 0 spiro atoms. The number of nitrogens with one attached hydrogen (secondary N) is 2. The molecule has 0 heterocycles. The van der Waals surface area contributed by atoms with Crippen LogP contribution >= 0.6 is 0 Å². The zero-order chi connectivity index (χ0) is 20.5. The topological polar surface area (TPSA) is 134 Å². The third-order valence-electron chi connectivity index (χ3n) is 3.78. The molecule has 28 heavy (non-hydrogen) atoms. The fourth-order valence-electron chi connectivity index (χ4n) is 2.25. The van der Waals surface area contributed by atoms with Gasteiger partial charge < -0.3 is 10.4 Å². The van der Waals surface area contributed by atoms with Gasteiger partial charge in [0.25, 0.3) is 11.6 Å². The second kappa shape index (κ2) is 9.81. The lowest BCUT2D eigenvalue weighted by Gasteiger charge is -2.06. The van der Waals surface area contributed by atoms with Gasteiger partial charge >= 0.3 is 0 Å². The molecule has 0 saturated carbocycles. The molecular weight excluding hydrogens is 364 g/mol. The molecule has 9 nitrogen and oxygen atoms in total. The Bertz CT molecular complexity index is 894. The minimum Gasteiger partial charge on any atom is -0.507 e. The minimum atomic E-state index is -0.599. The quantitative estimate of drug-likeness (QED) is 0.365. The van der Waals surface area contributed by atoms with Crippen molar-refractivity contribution < 1.29 is 19.6 Å². The summed E-state index contributed by atoms with van der Waals surface area (Å²) in [7, 11) is 0. The Morgan fingerprint density at radius 3 is 2.57 bits per heavy atom. The van der Waals surface area contributed by atoms with E-state index in [1.165, 1.54) is 18.2 Å². The number of hydrazone groups is 1. The lowest BCUT2D eigenvalue weighted by atomic mass is 10.2. The van der Waals surface area contributed by atoms with Crippen molar-refractivity contribution in [2.24, 2.45) is 5.10 Å². The number of hydrogen-bond donors (Lipinski definition) is 3. The van der Waals surface area contributed by atoms with E-state index < -0.39 is 10.8 Å². The Morgan fingerprint density at radius 2 is 1.93 bits per heavy atom. The van der Waals surface area contributed by atoms with Gasteiger partial charge in [0, 0.05) is 35.4 Å². The summed E-state index contributed by atoms with van der Waals surface area (Å²) in [6, 6.07) is 9.75.